The van der Waals surface area contributed by atoms with Crippen molar-refractivity contribution < 1.29 is 23.8 Å². The number of carboxylic acids is 1. The van der Waals surface area contributed by atoms with Gasteiger partial charge in [-0.3, -0.25) is 4.90 Å². The Bertz CT molecular complexity index is 538. The molecule has 1 saturated heterocycles. The van der Waals surface area contributed by atoms with Gasteiger partial charge in [-0.25, -0.2) is 9.59 Å². The van der Waals surface area contributed by atoms with Crippen LogP contribution in [0.25, 0.3) is 0 Å². The molecule has 0 unspecified atom stereocenters. The lowest BCUT2D eigenvalue weighted by molar-refractivity contribution is 0.0133. The van der Waals surface area contributed by atoms with E-state index in [1.807, 2.05) is 20.8 Å². The summed E-state index contributed by atoms with van der Waals surface area (Å²) in [6, 6.07) is 3.12. The molecule has 1 amide bonds. The molecule has 22 heavy (non-hydrogen) atoms. The van der Waals surface area contributed by atoms with E-state index in [4.69, 9.17) is 14.3 Å². The zero-order valence-electron chi connectivity index (χ0n) is 13.2. The van der Waals surface area contributed by atoms with Gasteiger partial charge in [0.15, 0.2) is 0 Å². The maximum Gasteiger partial charge on any atom is 0.410 e. The maximum atomic E-state index is 12.0. The van der Waals surface area contributed by atoms with Crippen LogP contribution in [0.1, 0.15) is 37.1 Å². The molecule has 2 rings (SSSR count). The maximum absolute atomic E-state index is 12.0. The number of carbonyl (C=O) groups is 2. The summed E-state index contributed by atoms with van der Waals surface area (Å²) in [5.41, 5.74) is -0.490. The second-order valence-corrected chi connectivity index (χ2v) is 6.31. The lowest BCUT2D eigenvalue weighted by Crippen LogP contribution is -2.49. The van der Waals surface area contributed by atoms with Crippen LogP contribution in [-0.4, -0.2) is 58.7 Å². The van der Waals surface area contributed by atoms with Gasteiger partial charge in [0.2, 0.25) is 5.76 Å². The molecule has 1 aromatic rings. The molecule has 7 heteroatoms. The van der Waals surface area contributed by atoms with Crippen LogP contribution in [-0.2, 0) is 11.3 Å². The van der Waals surface area contributed by atoms with Gasteiger partial charge in [-0.1, -0.05) is 0 Å². The first-order valence-corrected chi connectivity index (χ1v) is 7.27. The van der Waals surface area contributed by atoms with E-state index in [9.17, 15) is 9.59 Å². The van der Waals surface area contributed by atoms with Crippen molar-refractivity contribution in [1.82, 2.24) is 9.80 Å². The van der Waals surface area contributed by atoms with Crippen LogP contribution in [0.15, 0.2) is 16.5 Å². The molecule has 1 fully saturated rings. The third-order valence-corrected chi connectivity index (χ3v) is 3.28. The second-order valence-electron chi connectivity index (χ2n) is 6.31. The minimum Gasteiger partial charge on any atom is -0.475 e. The summed E-state index contributed by atoms with van der Waals surface area (Å²) < 4.78 is 10.6. The van der Waals surface area contributed by atoms with Crippen molar-refractivity contribution in [3.63, 3.8) is 0 Å². The summed E-state index contributed by atoms with van der Waals surface area (Å²) in [4.78, 5) is 26.5. The van der Waals surface area contributed by atoms with Crippen LogP contribution in [0.2, 0.25) is 0 Å². The number of amides is 1. The number of carbonyl (C=O) groups excluding carboxylic acids is 1. The first-order valence-electron chi connectivity index (χ1n) is 7.27. The molecule has 1 aromatic heterocycles. The van der Waals surface area contributed by atoms with E-state index in [0.29, 0.717) is 38.5 Å². The Morgan fingerprint density at radius 2 is 1.86 bits per heavy atom. The third kappa shape index (κ3) is 4.49. The highest BCUT2D eigenvalue weighted by Crippen LogP contribution is 2.15. The van der Waals surface area contributed by atoms with Gasteiger partial charge in [-0.2, -0.15) is 0 Å². The molecular weight excluding hydrogens is 288 g/mol. The van der Waals surface area contributed by atoms with Crippen LogP contribution in [0.5, 0.6) is 0 Å². The zero-order valence-corrected chi connectivity index (χ0v) is 13.2. The SMILES string of the molecule is CC(C)(C)OC(=O)N1CCN(Cc2ccc(C(=O)O)o2)CC1. The predicted octanol–water partition coefficient (Wildman–Crippen LogP) is 2.03. The van der Waals surface area contributed by atoms with Crippen LogP contribution >= 0.6 is 0 Å². The number of aromatic carboxylic acids is 1. The average Bonchev–Trinajstić information content (AvgIpc) is 2.86. The summed E-state index contributed by atoms with van der Waals surface area (Å²) in [7, 11) is 0. The fraction of sp³-hybridized carbons (Fsp3) is 0.600. The zero-order chi connectivity index (χ0) is 16.3. The minimum atomic E-state index is -1.07. The molecule has 0 bridgehead atoms. The Morgan fingerprint density at radius 3 is 2.36 bits per heavy atom. The monoisotopic (exact) mass is 310 g/mol. The standard InChI is InChI=1S/C15H22N2O5/c1-15(2,3)22-14(20)17-8-6-16(7-9-17)10-11-4-5-12(21-11)13(18)19/h4-5H,6-10H2,1-3H3,(H,18,19). The van der Waals surface area contributed by atoms with Gasteiger partial charge in [0.25, 0.3) is 0 Å². The number of hydrogen-bond donors (Lipinski definition) is 1. The van der Waals surface area contributed by atoms with E-state index in [0.717, 1.165) is 0 Å². The molecular formula is C15H22N2O5. The van der Waals surface area contributed by atoms with E-state index >= 15 is 0 Å². The quantitative estimate of drug-likeness (QED) is 0.919. The molecule has 2 heterocycles. The lowest BCUT2D eigenvalue weighted by Gasteiger charge is -2.35. The highest BCUT2D eigenvalue weighted by molar-refractivity contribution is 5.84. The number of ether oxygens (including phenoxy) is 1. The van der Waals surface area contributed by atoms with Gasteiger partial charge < -0.3 is 19.2 Å². The Kier molecular flexibility index (Phi) is 4.75. The number of nitrogens with zero attached hydrogens (tertiary/aromatic N) is 2. The highest BCUT2D eigenvalue weighted by Gasteiger charge is 2.26. The Morgan fingerprint density at radius 1 is 1.23 bits per heavy atom. The summed E-state index contributed by atoms with van der Waals surface area (Å²) >= 11 is 0. The number of rotatable bonds is 3. The van der Waals surface area contributed by atoms with Gasteiger partial charge in [-0.15, -0.1) is 0 Å². The van der Waals surface area contributed by atoms with E-state index < -0.39 is 11.6 Å². The fourth-order valence-corrected chi connectivity index (χ4v) is 2.21. The molecule has 7 nitrogen and oxygen atoms in total. The molecule has 0 radical (unpaired) electrons. The fourth-order valence-electron chi connectivity index (χ4n) is 2.21. The van der Waals surface area contributed by atoms with Crippen molar-refractivity contribution in [2.75, 3.05) is 26.2 Å². The van der Waals surface area contributed by atoms with Gasteiger partial charge in [-0.05, 0) is 32.9 Å². The number of hydrogen-bond acceptors (Lipinski definition) is 5. The van der Waals surface area contributed by atoms with Crippen LogP contribution in [0, 0.1) is 0 Å². The number of piperazine rings is 1. The summed E-state index contributed by atoms with van der Waals surface area (Å²) in [6.45, 7) is 8.64. The normalized spacial score (nSPS) is 16.6. The van der Waals surface area contributed by atoms with E-state index in [1.165, 1.54) is 6.07 Å². The molecule has 0 spiro atoms. The number of furan rings is 1. The molecule has 1 N–H and O–H groups in total. The van der Waals surface area contributed by atoms with E-state index in [1.54, 1.807) is 11.0 Å². The van der Waals surface area contributed by atoms with Gasteiger partial charge in [0, 0.05) is 26.2 Å². The minimum absolute atomic E-state index is 0.0533. The first kappa shape index (κ1) is 16.4. The smallest absolute Gasteiger partial charge is 0.410 e. The summed E-state index contributed by atoms with van der Waals surface area (Å²) in [6.07, 6.45) is -0.293. The summed E-state index contributed by atoms with van der Waals surface area (Å²) in [5.74, 6) is -0.508. The highest BCUT2D eigenvalue weighted by atomic mass is 16.6. The first-order chi connectivity index (χ1) is 10.2. The molecule has 122 valence electrons. The van der Waals surface area contributed by atoms with Crippen LogP contribution in [0.4, 0.5) is 4.79 Å². The molecule has 1 aliphatic heterocycles. The van der Waals surface area contributed by atoms with Gasteiger partial charge in [0.05, 0.1) is 6.54 Å². The predicted molar refractivity (Wildman–Crippen MR) is 78.8 cm³/mol. The van der Waals surface area contributed by atoms with Crippen molar-refractivity contribution in [1.29, 1.82) is 0 Å². The average molecular weight is 310 g/mol. The molecule has 0 aliphatic carbocycles. The lowest BCUT2D eigenvalue weighted by atomic mass is 10.2. The van der Waals surface area contributed by atoms with Crippen LogP contribution < -0.4 is 0 Å². The topological polar surface area (TPSA) is 83.2 Å². The Balaban J connectivity index is 1.81. The van der Waals surface area contributed by atoms with Crippen LogP contribution in [0.3, 0.4) is 0 Å². The van der Waals surface area contributed by atoms with E-state index in [-0.39, 0.29) is 11.9 Å². The molecule has 1 aliphatic rings. The van der Waals surface area contributed by atoms with Gasteiger partial charge in [0.1, 0.15) is 11.4 Å². The summed E-state index contributed by atoms with van der Waals surface area (Å²) in [5, 5.41) is 8.83. The Labute approximate surface area is 129 Å². The van der Waals surface area contributed by atoms with Crippen molar-refractivity contribution >= 4 is 12.1 Å². The van der Waals surface area contributed by atoms with Crippen molar-refractivity contribution in [3.05, 3.63) is 23.7 Å². The largest absolute Gasteiger partial charge is 0.475 e. The second kappa shape index (κ2) is 6.39. The van der Waals surface area contributed by atoms with Crippen molar-refractivity contribution in [2.24, 2.45) is 0 Å². The molecule has 0 saturated carbocycles. The molecule has 0 aromatic carbocycles. The van der Waals surface area contributed by atoms with Crippen molar-refractivity contribution in [3.8, 4) is 0 Å². The molecule has 0 atom stereocenters. The van der Waals surface area contributed by atoms with Crippen molar-refractivity contribution in [2.45, 2.75) is 32.9 Å². The Hall–Kier alpha value is -2.02. The number of carboxylic acid groups (broad SMARTS) is 1. The third-order valence-electron chi connectivity index (χ3n) is 3.28. The van der Waals surface area contributed by atoms with E-state index in [2.05, 4.69) is 4.90 Å². The van der Waals surface area contributed by atoms with Gasteiger partial charge >= 0.3 is 12.1 Å².